The van der Waals surface area contributed by atoms with Crippen molar-refractivity contribution in [3.05, 3.63) is 39.6 Å². The number of sulfonamides is 1. The molecule has 0 radical (unpaired) electrons. The van der Waals surface area contributed by atoms with E-state index < -0.39 is 22.5 Å². The second-order valence-corrected chi connectivity index (χ2v) is 7.28. The molecule has 7 nitrogen and oxygen atoms in total. The number of carbonyl (C=O) groups is 1. The van der Waals surface area contributed by atoms with Gasteiger partial charge in [-0.25, -0.2) is 13.1 Å². The number of H-pyrrole nitrogens is 1. The van der Waals surface area contributed by atoms with Crippen LogP contribution in [0.25, 0.3) is 0 Å². The molecule has 0 atom stereocenters. The SMILES string of the molecule is Cc1n[nH]c(C)c1S(=O)(=O)NCC(=O)Nc1ccc(Cl)c(Cl)c1. The third-order valence-corrected chi connectivity index (χ3v) is 5.36. The lowest BCUT2D eigenvalue weighted by Crippen LogP contribution is -2.33. The van der Waals surface area contributed by atoms with E-state index in [1.807, 2.05) is 0 Å². The van der Waals surface area contributed by atoms with Crippen molar-refractivity contribution in [2.75, 3.05) is 11.9 Å². The lowest BCUT2D eigenvalue weighted by molar-refractivity contribution is -0.115. The average Bonchev–Trinajstić information content (AvgIpc) is 2.81. The molecule has 1 amide bonds. The summed E-state index contributed by atoms with van der Waals surface area (Å²) in [5, 5.41) is 9.58. The number of aryl methyl sites for hydroxylation is 2. The van der Waals surface area contributed by atoms with Gasteiger partial charge >= 0.3 is 0 Å². The highest BCUT2D eigenvalue weighted by atomic mass is 35.5. The number of nitrogens with zero attached hydrogens (tertiary/aromatic N) is 1. The van der Waals surface area contributed by atoms with Crippen LogP contribution in [0.1, 0.15) is 11.4 Å². The Labute approximate surface area is 143 Å². The number of benzene rings is 1. The Kier molecular flexibility index (Phi) is 5.30. The Bertz CT molecular complexity index is 829. The second-order valence-electron chi connectivity index (χ2n) is 4.76. The quantitative estimate of drug-likeness (QED) is 0.743. The van der Waals surface area contributed by atoms with E-state index in [9.17, 15) is 13.2 Å². The number of carbonyl (C=O) groups excluding carboxylic acids is 1. The Morgan fingerprint density at radius 1 is 1.26 bits per heavy atom. The van der Waals surface area contributed by atoms with Gasteiger partial charge in [0.15, 0.2) is 0 Å². The molecular weight excluding hydrogens is 363 g/mol. The van der Waals surface area contributed by atoms with E-state index in [2.05, 4.69) is 20.2 Å². The van der Waals surface area contributed by atoms with Gasteiger partial charge in [0.2, 0.25) is 15.9 Å². The maximum atomic E-state index is 12.2. The molecule has 2 aromatic rings. The molecule has 0 saturated heterocycles. The zero-order valence-corrected chi connectivity index (χ0v) is 14.6. The van der Waals surface area contributed by atoms with Crippen LogP contribution < -0.4 is 10.0 Å². The molecule has 0 saturated carbocycles. The first-order valence-corrected chi connectivity index (χ1v) is 8.71. The van der Waals surface area contributed by atoms with E-state index in [-0.39, 0.29) is 9.92 Å². The summed E-state index contributed by atoms with van der Waals surface area (Å²) in [6.07, 6.45) is 0. The molecule has 1 heterocycles. The number of rotatable bonds is 5. The molecule has 0 aliphatic carbocycles. The minimum absolute atomic E-state index is 0.0415. The van der Waals surface area contributed by atoms with Crippen LogP contribution in [-0.2, 0) is 14.8 Å². The Morgan fingerprint density at radius 3 is 2.52 bits per heavy atom. The molecule has 0 spiro atoms. The van der Waals surface area contributed by atoms with Crippen LogP contribution in [-0.4, -0.2) is 31.1 Å². The molecule has 0 aliphatic rings. The van der Waals surface area contributed by atoms with Crippen molar-refractivity contribution in [3.63, 3.8) is 0 Å². The number of anilines is 1. The zero-order chi connectivity index (χ0) is 17.2. The van der Waals surface area contributed by atoms with Gasteiger partial charge in [-0.05, 0) is 32.0 Å². The van der Waals surface area contributed by atoms with Crippen molar-refractivity contribution in [2.45, 2.75) is 18.7 Å². The number of hydrogen-bond donors (Lipinski definition) is 3. The average molecular weight is 377 g/mol. The van der Waals surface area contributed by atoms with E-state index in [1.54, 1.807) is 19.9 Å². The first kappa shape index (κ1) is 17.7. The van der Waals surface area contributed by atoms with Crippen molar-refractivity contribution in [1.29, 1.82) is 0 Å². The normalized spacial score (nSPS) is 11.5. The number of amides is 1. The molecule has 10 heteroatoms. The maximum Gasteiger partial charge on any atom is 0.244 e. The molecule has 23 heavy (non-hydrogen) atoms. The number of aromatic nitrogens is 2. The molecule has 0 bridgehead atoms. The first-order chi connectivity index (χ1) is 10.7. The van der Waals surface area contributed by atoms with Gasteiger partial charge in [-0.2, -0.15) is 5.10 Å². The number of aromatic amines is 1. The summed E-state index contributed by atoms with van der Waals surface area (Å²) < 4.78 is 26.6. The predicted octanol–water partition coefficient (Wildman–Crippen LogP) is 2.25. The summed E-state index contributed by atoms with van der Waals surface area (Å²) in [5.41, 5.74) is 1.15. The summed E-state index contributed by atoms with van der Waals surface area (Å²) in [7, 11) is -3.83. The van der Waals surface area contributed by atoms with Crippen LogP contribution in [0.15, 0.2) is 23.1 Å². The van der Waals surface area contributed by atoms with Gasteiger partial charge in [-0.1, -0.05) is 23.2 Å². The van der Waals surface area contributed by atoms with Crippen molar-refractivity contribution in [1.82, 2.24) is 14.9 Å². The van der Waals surface area contributed by atoms with E-state index in [0.29, 0.717) is 22.1 Å². The summed E-state index contributed by atoms with van der Waals surface area (Å²) in [6.45, 7) is 2.73. The fraction of sp³-hybridized carbons (Fsp3) is 0.231. The minimum atomic E-state index is -3.83. The van der Waals surface area contributed by atoms with Crippen LogP contribution in [0, 0.1) is 13.8 Å². The van der Waals surface area contributed by atoms with E-state index in [4.69, 9.17) is 23.2 Å². The topological polar surface area (TPSA) is 104 Å². The molecule has 0 aliphatic heterocycles. The fourth-order valence-corrected chi connectivity index (χ4v) is 3.60. The monoisotopic (exact) mass is 376 g/mol. The largest absolute Gasteiger partial charge is 0.325 e. The van der Waals surface area contributed by atoms with Crippen LogP contribution in [0.4, 0.5) is 5.69 Å². The maximum absolute atomic E-state index is 12.2. The molecule has 0 fully saturated rings. The molecule has 3 N–H and O–H groups in total. The Morgan fingerprint density at radius 2 is 1.96 bits per heavy atom. The standard InChI is InChI=1S/C13H14Cl2N4O3S/c1-7-13(8(2)19-18-7)23(21,22)16-6-12(20)17-9-3-4-10(14)11(15)5-9/h3-5,16H,6H2,1-2H3,(H,17,20)(H,18,19). The number of hydrogen-bond acceptors (Lipinski definition) is 4. The summed E-state index contributed by atoms with van der Waals surface area (Å²) in [6, 6.07) is 4.56. The van der Waals surface area contributed by atoms with Gasteiger partial charge in [0.1, 0.15) is 4.90 Å². The molecule has 1 aromatic carbocycles. The fourth-order valence-electron chi connectivity index (χ4n) is 1.95. The number of nitrogens with one attached hydrogen (secondary N) is 3. The van der Waals surface area contributed by atoms with Crippen molar-refractivity contribution < 1.29 is 13.2 Å². The van der Waals surface area contributed by atoms with Crippen molar-refractivity contribution in [3.8, 4) is 0 Å². The van der Waals surface area contributed by atoms with Crippen LogP contribution in [0.5, 0.6) is 0 Å². The lowest BCUT2D eigenvalue weighted by Gasteiger charge is -2.08. The Hall–Kier alpha value is -1.61. The summed E-state index contributed by atoms with van der Waals surface area (Å²) >= 11 is 11.6. The highest BCUT2D eigenvalue weighted by molar-refractivity contribution is 7.89. The predicted molar refractivity (Wildman–Crippen MR) is 88.3 cm³/mol. The number of halogens is 2. The van der Waals surface area contributed by atoms with Crippen LogP contribution in [0.3, 0.4) is 0 Å². The molecule has 1 aromatic heterocycles. The van der Waals surface area contributed by atoms with Gasteiger partial charge in [0.05, 0.1) is 28.0 Å². The molecule has 2 rings (SSSR count). The second kappa shape index (κ2) is 6.88. The zero-order valence-electron chi connectivity index (χ0n) is 12.3. The van der Waals surface area contributed by atoms with Gasteiger partial charge in [-0.15, -0.1) is 0 Å². The van der Waals surface area contributed by atoms with Crippen LogP contribution in [0.2, 0.25) is 10.0 Å². The van der Waals surface area contributed by atoms with Crippen LogP contribution >= 0.6 is 23.2 Å². The molecule has 124 valence electrons. The van der Waals surface area contributed by atoms with Crippen molar-refractivity contribution in [2.24, 2.45) is 0 Å². The third-order valence-electron chi connectivity index (χ3n) is 2.96. The van der Waals surface area contributed by atoms with Gasteiger partial charge in [0, 0.05) is 5.69 Å². The smallest absolute Gasteiger partial charge is 0.244 e. The van der Waals surface area contributed by atoms with E-state index in [0.717, 1.165) is 0 Å². The van der Waals surface area contributed by atoms with E-state index >= 15 is 0 Å². The molecule has 0 unspecified atom stereocenters. The van der Waals surface area contributed by atoms with Gasteiger partial charge in [-0.3, -0.25) is 9.89 Å². The first-order valence-electron chi connectivity index (χ1n) is 6.47. The third kappa shape index (κ3) is 4.23. The highest BCUT2D eigenvalue weighted by Gasteiger charge is 2.22. The van der Waals surface area contributed by atoms with Gasteiger partial charge < -0.3 is 5.32 Å². The highest BCUT2D eigenvalue weighted by Crippen LogP contribution is 2.24. The summed E-state index contributed by atoms with van der Waals surface area (Å²) in [4.78, 5) is 11.9. The van der Waals surface area contributed by atoms with Gasteiger partial charge in [0.25, 0.3) is 0 Å². The minimum Gasteiger partial charge on any atom is -0.325 e. The lowest BCUT2D eigenvalue weighted by atomic mass is 10.3. The van der Waals surface area contributed by atoms with Crippen molar-refractivity contribution >= 4 is 44.8 Å². The Balaban J connectivity index is 2.02. The van der Waals surface area contributed by atoms with E-state index in [1.165, 1.54) is 12.1 Å². The summed E-state index contributed by atoms with van der Waals surface area (Å²) in [5.74, 6) is -0.536. The molecular formula is C13H14Cl2N4O3S.